The lowest BCUT2D eigenvalue weighted by Crippen LogP contribution is -2.24. The molecule has 0 unspecified atom stereocenters. The van der Waals surface area contributed by atoms with Crippen molar-refractivity contribution in [2.24, 2.45) is 10.7 Å². The van der Waals surface area contributed by atoms with E-state index in [9.17, 15) is 0 Å². The van der Waals surface area contributed by atoms with Gasteiger partial charge in [0.05, 0.1) is 27.9 Å². The lowest BCUT2D eigenvalue weighted by molar-refractivity contribution is 0.347. The van der Waals surface area contributed by atoms with E-state index in [4.69, 9.17) is 19.9 Å². The van der Waals surface area contributed by atoms with Crippen LogP contribution >= 0.6 is 24.0 Å². The predicted octanol–water partition coefficient (Wildman–Crippen LogP) is 4.38. The first-order valence-electron chi connectivity index (χ1n) is 9.04. The number of halogens is 1. The summed E-state index contributed by atoms with van der Waals surface area (Å²) in [6.45, 7) is 4.61. The number of nitrogens with one attached hydrogen (secondary N) is 1. The highest BCUT2D eigenvalue weighted by Crippen LogP contribution is 2.35. The van der Waals surface area contributed by atoms with Crippen molar-refractivity contribution in [2.75, 3.05) is 26.6 Å². The second kappa shape index (κ2) is 11.6. The molecule has 3 N–H and O–H groups in total. The van der Waals surface area contributed by atoms with Gasteiger partial charge in [-0.25, -0.2) is 4.99 Å². The molecule has 0 spiro atoms. The fraction of sp³-hybridized carbons (Fsp3) is 0.381. The third kappa shape index (κ3) is 5.67. The molecule has 0 saturated carbocycles. The molecule has 0 atom stereocenters. The third-order valence-electron chi connectivity index (χ3n) is 4.46. The van der Waals surface area contributed by atoms with Crippen LogP contribution in [0.2, 0.25) is 0 Å². The average molecular weight is 499 g/mol. The fourth-order valence-electron chi connectivity index (χ4n) is 2.96. The van der Waals surface area contributed by atoms with E-state index >= 15 is 0 Å². The van der Waals surface area contributed by atoms with Gasteiger partial charge in [0.15, 0.2) is 17.5 Å². The number of nitrogens with two attached hydrogens (primary N) is 1. The molecular weight excluding hydrogens is 469 g/mol. The topological polar surface area (TPSA) is 78.1 Å². The van der Waals surface area contributed by atoms with Crippen molar-refractivity contribution in [3.05, 3.63) is 47.0 Å². The summed E-state index contributed by atoms with van der Waals surface area (Å²) >= 11 is 0. The van der Waals surface area contributed by atoms with Gasteiger partial charge in [-0.15, -0.1) is 24.0 Å². The molecule has 0 aliphatic heterocycles. The number of hydrogen-bond donors (Lipinski definition) is 2. The van der Waals surface area contributed by atoms with Gasteiger partial charge in [0, 0.05) is 17.3 Å². The smallest absolute Gasteiger partial charge is 0.193 e. The summed E-state index contributed by atoms with van der Waals surface area (Å²) in [5.41, 5.74) is 10.5. The van der Waals surface area contributed by atoms with Gasteiger partial charge in [-0.3, -0.25) is 0 Å². The molecular formula is C21H30IN3O3. The number of methoxy groups -OCH3 is 3. The van der Waals surface area contributed by atoms with Crippen molar-refractivity contribution in [2.45, 2.75) is 33.2 Å². The summed E-state index contributed by atoms with van der Waals surface area (Å²) in [5, 5.41) is 3.27. The van der Waals surface area contributed by atoms with E-state index in [0.29, 0.717) is 29.8 Å². The Kier molecular flexibility index (Phi) is 9.92. The molecule has 0 fully saturated rings. The molecule has 2 rings (SSSR count). The van der Waals surface area contributed by atoms with Crippen molar-refractivity contribution >= 4 is 35.6 Å². The maximum absolute atomic E-state index is 6.16. The van der Waals surface area contributed by atoms with E-state index in [1.807, 2.05) is 6.07 Å². The van der Waals surface area contributed by atoms with Crippen LogP contribution in [0.1, 0.15) is 30.5 Å². The molecule has 0 aliphatic carbocycles. The quantitative estimate of drug-likeness (QED) is 0.320. The Morgan fingerprint density at radius 2 is 1.43 bits per heavy atom. The van der Waals surface area contributed by atoms with Crippen LogP contribution in [0.25, 0.3) is 0 Å². The Bertz CT molecular complexity index is 787. The van der Waals surface area contributed by atoms with Gasteiger partial charge in [0.25, 0.3) is 0 Å². The molecule has 28 heavy (non-hydrogen) atoms. The van der Waals surface area contributed by atoms with Gasteiger partial charge >= 0.3 is 0 Å². The van der Waals surface area contributed by atoms with Crippen LogP contribution in [-0.2, 0) is 19.4 Å². The van der Waals surface area contributed by atoms with Crippen molar-refractivity contribution < 1.29 is 14.2 Å². The molecule has 0 bridgehead atoms. The number of anilines is 1. The van der Waals surface area contributed by atoms with Crippen LogP contribution in [0.5, 0.6) is 17.2 Å². The van der Waals surface area contributed by atoms with E-state index in [-0.39, 0.29) is 24.0 Å². The van der Waals surface area contributed by atoms with Crippen LogP contribution in [0, 0.1) is 0 Å². The molecule has 0 aromatic heterocycles. The van der Waals surface area contributed by atoms with E-state index in [0.717, 1.165) is 24.1 Å². The van der Waals surface area contributed by atoms with Crippen LogP contribution in [0.15, 0.2) is 35.3 Å². The first-order valence-corrected chi connectivity index (χ1v) is 9.04. The van der Waals surface area contributed by atoms with Crippen LogP contribution in [-0.4, -0.2) is 27.3 Å². The average Bonchev–Trinajstić information content (AvgIpc) is 2.71. The standard InChI is InChI=1S/C21H29N3O3.HI/c1-6-14-9-8-10-15(7-2)20(14)24-21(22)23-13-16-11-18(26-4)19(27-5)12-17(16)25-3;/h8-12H,6-7,13H2,1-5H3,(H3,22,23,24);1H. The summed E-state index contributed by atoms with van der Waals surface area (Å²) in [7, 11) is 4.80. The molecule has 0 amide bonds. The Hall–Kier alpha value is -2.16. The number of aryl methyl sites for hydroxylation is 2. The fourth-order valence-corrected chi connectivity index (χ4v) is 2.96. The number of aliphatic imine (C=N–C) groups is 1. The lowest BCUT2D eigenvalue weighted by atomic mass is 10.0. The second-order valence-corrected chi connectivity index (χ2v) is 6.00. The summed E-state index contributed by atoms with van der Waals surface area (Å²) in [5.74, 6) is 2.27. The number of nitrogens with zero attached hydrogens (tertiary/aromatic N) is 1. The highest BCUT2D eigenvalue weighted by Gasteiger charge is 2.12. The predicted molar refractivity (Wildman–Crippen MR) is 126 cm³/mol. The van der Waals surface area contributed by atoms with Crippen LogP contribution in [0.4, 0.5) is 5.69 Å². The first-order chi connectivity index (χ1) is 13.1. The van der Waals surface area contributed by atoms with Crippen LogP contribution < -0.4 is 25.3 Å². The molecule has 0 aliphatic rings. The number of guanidine groups is 1. The van der Waals surface area contributed by atoms with E-state index in [1.54, 1.807) is 27.4 Å². The molecule has 7 heteroatoms. The molecule has 6 nitrogen and oxygen atoms in total. The zero-order chi connectivity index (χ0) is 19.8. The minimum absolute atomic E-state index is 0. The van der Waals surface area contributed by atoms with Crippen LogP contribution in [0.3, 0.4) is 0 Å². The summed E-state index contributed by atoms with van der Waals surface area (Å²) < 4.78 is 16.1. The van der Waals surface area contributed by atoms with Gasteiger partial charge < -0.3 is 25.3 Å². The second-order valence-electron chi connectivity index (χ2n) is 6.00. The zero-order valence-corrected chi connectivity index (χ0v) is 19.5. The van der Waals surface area contributed by atoms with Gasteiger partial charge in [-0.2, -0.15) is 0 Å². The summed E-state index contributed by atoms with van der Waals surface area (Å²) in [4.78, 5) is 4.49. The Labute approximate surface area is 184 Å². The lowest BCUT2D eigenvalue weighted by Gasteiger charge is -2.15. The van der Waals surface area contributed by atoms with Gasteiger partial charge in [0.2, 0.25) is 0 Å². The molecule has 2 aromatic carbocycles. The van der Waals surface area contributed by atoms with E-state index < -0.39 is 0 Å². The minimum atomic E-state index is 0. The van der Waals surface area contributed by atoms with Gasteiger partial charge in [-0.1, -0.05) is 32.0 Å². The van der Waals surface area contributed by atoms with Gasteiger partial charge in [0.1, 0.15) is 5.75 Å². The number of rotatable bonds is 8. The zero-order valence-electron chi connectivity index (χ0n) is 17.2. The molecule has 2 aromatic rings. The number of para-hydroxylation sites is 1. The highest BCUT2D eigenvalue weighted by molar-refractivity contribution is 14.0. The largest absolute Gasteiger partial charge is 0.496 e. The molecule has 0 radical (unpaired) electrons. The minimum Gasteiger partial charge on any atom is -0.496 e. The van der Waals surface area contributed by atoms with Crippen molar-refractivity contribution in [3.8, 4) is 17.2 Å². The summed E-state index contributed by atoms with van der Waals surface area (Å²) in [6.07, 6.45) is 1.85. The molecule has 0 saturated heterocycles. The Morgan fingerprint density at radius 1 is 0.893 bits per heavy atom. The van der Waals surface area contributed by atoms with E-state index in [2.05, 4.69) is 42.4 Å². The third-order valence-corrected chi connectivity index (χ3v) is 4.46. The monoisotopic (exact) mass is 499 g/mol. The SMILES string of the molecule is CCc1cccc(CC)c1NC(N)=NCc1cc(OC)c(OC)cc1OC.I. The maximum Gasteiger partial charge on any atom is 0.193 e. The Balaban J connectivity index is 0.00000392. The normalized spacial score (nSPS) is 10.8. The first kappa shape index (κ1) is 23.9. The highest BCUT2D eigenvalue weighted by atomic mass is 127. The molecule has 0 heterocycles. The Morgan fingerprint density at radius 3 is 1.93 bits per heavy atom. The number of hydrogen-bond acceptors (Lipinski definition) is 4. The van der Waals surface area contributed by atoms with Crippen molar-refractivity contribution in [3.63, 3.8) is 0 Å². The molecule has 154 valence electrons. The van der Waals surface area contributed by atoms with Crippen molar-refractivity contribution in [1.29, 1.82) is 0 Å². The summed E-state index contributed by atoms with van der Waals surface area (Å²) in [6, 6.07) is 9.92. The van der Waals surface area contributed by atoms with Crippen molar-refractivity contribution in [1.82, 2.24) is 0 Å². The maximum atomic E-state index is 6.16. The number of benzene rings is 2. The van der Waals surface area contributed by atoms with E-state index in [1.165, 1.54) is 11.1 Å². The number of ether oxygens (including phenoxy) is 3. The van der Waals surface area contributed by atoms with Gasteiger partial charge in [-0.05, 0) is 30.0 Å².